The zero-order valence-electron chi connectivity index (χ0n) is 11.5. The van der Waals surface area contributed by atoms with Gasteiger partial charge < -0.3 is 14.7 Å². The second-order valence-electron chi connectivity index (χ2n) is 5.19. The van der Waals surface area contributed by atoms with E-state index in [0.29, 0.717) is 18.7 Å². The number of likely N-dealkylation sites (tertiary alicyclic amines) is 1. The van der Waals surface area contributed by atoms with Gasteiger partial charge in [0.15, 0.2) is 5.60 Å². The molecule has 2 rings (SSSR count). The SMILES string of the molecule is COC[C@@H]1CCCN1C(=O)[C@@](C)(O)c1ccccc1. The predicted octanol–water partition coefficient (Wildman–Crippen LogP) is 1.53. The quantitative estimate of drug-likeness (QED) is 0.896. The van der Waals surface area contributed by atoms with Crippen LogP contribution in [0.3, 0.4) is 0 Å². The number of methoxy groups -OCH3 is 1. The number of benzene rings is 1. The first-order valence-corrected chi connectivity index (χ1v) is 6.65. The molecule has 1 aliphatic heterocycles. The Balaban J connectivity index is 2.18. The van der Waals surface area contributed by atoms with Gasteiger partial charge in [-0.05, 0) is 25.3 Å². The molecule has 1 aromatic carbocycles. The standard InChI is InChI=1S/C15H21NO3/c1-15(18,12-7-4-3-5-8-12)14(17)16-10-6-9-13(16)11-19-2/h3-5,7-8,13,18H,6,9-11H2,1-2H3/t13-,15-/m0/s1. The summed E-state index contributed by atoms with van der Waals surface area (Å²) in [4.78, 5) is 14.3. The van der Waals surface area contributed by atoms with Crippen LogP contribution in [0.1, 0.15) is 25.3 Å². The molecule has 1 fully saturated rings. The molecule has 1 aromatic rings. The third-order valence-corrected chi connectivity index (χ3v) is 3.75. The van der Waals surface area contributed by atoms with Crippen LogP contribution in [0.2, 0.25) is 0 Å². The Kier molecular flexibility index (Phi) is 4.22. The average molecular weight is 263 g/mol. The van der Waals surface area contributed by atoms with Crippen LogP contribution in [-0.4, -0.2) is 42.2 Å². The highest BCUT2D eigenvalue weighted by Crippen LogP contribution is 2.27. The average Bonchev–Trinajstić information content (AvgIpc) is 2.87. The van der Waals surface area contributed by atoms with Crippen LogP contribution in [0.5, 0.6) is 0 Å². The fourth-order valence-corrected chi connectivity index (χ4v) is 2.63. The number of carbonyl (C=O) groups is 1. The van der Waals surface area contributed by atoms with Gasteiger partial charge in [0.05, 0.1) is 12.6 Å². The second-order valence-corrected chi connectivity index (χ2v) is 5.19. The predicted molar refractivity (Wildman–Crippen MR) is 72.6 cm³/mol. The van der Waals surface area contributed by atoms with Crippen LogP contribution >= 0.6 is 0 Å². The zero-order valence-corrected chi connectivity index (χ0v) is 11.5. The van der Waals surface area contributed by atoms with Crippen LogP contribution in [-0.2, 0) is 15.1 Å². The van der Waals surface area contributed by atoms with Gasteiger partial charge in [0.2, 0.25) is 0 Å². The van der Waals surface area contributed by atoms with E-state index in [4.69, 9.17) is 4.74 Å². The Labute approximate surface area is 114 Å². The van der Waals surface area contributed by atoms with Gasteiger partial charge in [0.1, 0.15) is 0 Å². The van der Waals surface area contributed by atoms with E-state index in [1.165, 1.54) is 0 Å². The fourth-order valence-electron chi connectivity index (χ4n) is 2.63. The minimum atomic E-state index is -1.47. The summed E-state index contributed by atoms with van der Waals surface area (Å²) in [6.07, 6.45) is 1.90. The molecule has 0 aromatic heterocycles. The zero-order chi connectivity index (χ0) is 13.9. The Morgan fingerprint density at radius 1 is 1.47 bits per heavy atom. The molecule has 0 aliphatic carbocycles. The largest absolute Gasteiger partial charge is 0.383 e. The van der Waals surface area contributed by atoms with Crippen molar-refractivity contribution in [1.29, 1.82) is 0 Å². The molecule has 1 aliphatic rings. The Morgan fingerprint density at radius 3 is 2.79 bits per heavy atom. The summed E-state index contributed by atoms with van der Waals surface area (Å²) in [5.41, 5.74) is -0.847. The van der Waals surface area contributed by atoms with Crippen molar-refractivity contribution < 1.29 is 14.6 Å². The third kappa shape index (κ3) is 2.80. The maximum absolute atomic E-state index is 12.6. The maximum atomic E-state index is 12.6. The minimum absolute atomic E-state index is 0.0766. The molecule has 0 bridgehead atoms. The molecule has 0 saturated carbocycles. The Hall–Kier alpha value is -1.39. The number of hydrogen-bond donors (Lipinski definition) is 1. The van der Waals surface area contributed by atoms with Crippen LogP contribution < -0.4 is 0 Å². The number of carbonyl (C=O) groups excluding carboxylic acids is 1. The molecule has 2 atom stereocenters. The molecule has 4 heteroatoms. The number of amides is 1. The van der Waals surface area contributed by atoms with E-state index < -0.39 is 5.60 Å². The highest BCUT2D eigenvalue weighted by molar-refractivity contribution is 5.86. The monoisotopic (exact) mass is 263 g/mol. The Morgan fingerprint density at radius 2 is 2.16 bits per heavy atom. The molecule has 1 N–H and O–H groups in total. The van der Waals surface area contributed by atoms with Crippen molar-refractivity contribution in [3.63, 3.8) is 0 Å². The molecule has 19 heavy (non-hydrogen) atoms. The summed E-state index contributed by atoms with van der Waals surface area (Å²) >= 11 is 0. The second kappa shape index (κ2) is 5.72. The van der Waals surface area contributed by atoms with Crippen LogP contribution in [0.4, 0.5) is 0 Å². The molecule has 1 heterocycles. The van der Waals surface area contributed by atoms with Gasteiger partial charge in [0.25, 0.3) is 5.91 Å². The first-order chi connectivity index (χ1) is 9.07. The molecule has 4 nitrogen and oxygen atoms in total. The van der Waals surface area contributed by atoms with Crippen molar-refractivity contribution in [2.75, 3.05) is 20.3 Å². The molecular formula is C15H21NO3. The van der Waals surface area contributed by atoms with Crippen molar-refractivity contribution in [1.82, 2.24) is 4.90 Å². The summed E-state index contributed by atoms with van der Waals surface area (Å²) in [5, 5.41) is 10.6. The minimum Gasteiger partial charge on any atom is -0.383 e. The van der Waals surface area contributed by atoms with Crippen molar-refractivity contribution in [3.8, 4) is 0 Å². The van der Waals surface area contributed by atoms with Crippen LogP contribution in [0, 0.1) is 0 Å². The molecule has 0 unspecified atom stereocenters. The summed E-state index contributed by atoms with van der Waals surface area (Å²) in [6.45, 7) is 2.78. The van der Waals surface area contributed by atoms with Crippen LogP contribution in [0.25, 0.3) is 0 Å². The molecule has 1 saturated heterocycles. The normalized spacial score (nSPS) is 22.3. The van der Waals surface area contributed by atoms with E-state index in [0.717, 1.165) is 12.8 Å². The van der Waals surface area contributed by atoms with E-state index in [1.54, 1.807) is 31.1 Å². The van der Waals surface area contributed by atoms with Gasteiger partial charge >= 0.3 is 0 Å². The summed E-state index contributed by atoms with van der Waals surface area (Å²) in [7, 11) is 1.64. The lowest BCUT2D eigenvalue weighted by Gasteiger charge is -2.32. The highest BCUT2D eigenvalue weighted by atomic mass is 16.5. The fraction of sp³-hybridized carbons (Fsp3) is 0.533. The van der Waals surface area contributed by atoms with Gasteiger partial charge in [-0.2, -0.15) is 0 Å². The van der Waals surface area contributed by atoms with Crippen molar-refractivity contribution >= 4 is 5.91 Å². The summed E-state index contributed by atoms with van der Waals surface area (Å²) in [5.74, 6) is -0.238. The van der Waals surface area contributed by atoms with Gasteiger partial charge in [-0.1, -0.05) is 30.3 Å². The Bertz CT molecular complexity index is 430. The molecular weight excluding hydrogens is 242 g/mol. The topological polar surface area (TPSA) is 49.8 Å². The maximum Gasteiger partial charge on any atom is 0.259 e. The highest BCUT2D eigenvalue weighted by Gasteiger charge is 2.40. The van der Waals surface area contributed by atoms with Gasteiger partial charge in [0, 0.05) is 13.7 Å². The van der Waals surface area contributed by atoms with Crippen LogP contribution in [0.15, 0.2) is 30.3 Å². The molecule has 1 amide bonds. The lowest BCUT2D eigenvalue weighted by Crippen LogP contribution is -2.48. The van der Waals surface area contributed by atoms with Gasteiger partial charge in [-0.3, -0.25) is 4.79 Å². The van der Waals surface area contributed by atoms with E-state index in [1.807, 2.05) is 18.2 Å². The number of aliphatic hydroxyl groups is 1. The van der Waals surface area contributed by atoms with E-state index in [9.17, 15) is 9.90 Å². The van der Waals surface area contributed by atoms with E-state index in [-0.39, 0.29) is 11.9 Å². The van der Waals surface area contributed by atoms with E-state index >= 15 is 0 Å². The molecule has 104 valence electrons. The lowest BCUT2D eigenvalue weighted by atomic mass is 9.94. The molecule has 0 spiro atoms. The molecule has 0 radical (unpaired) electrons. The number of ether oxygens (including phenoxy) is 1. The number of hydrogen-bond acceptors (Lipinski definition) is 3. The number of nitrogens with zero attached hydrogens (tertiary/aromatic N) is 1. The van der Waals surface area contributed by atoms with E-state index in [2.05, 4.69) is 0 Å². The first-order valence-electron chi connectivity index (χ1n) is 6.65. The summed E-state index contributed by atoms with van der Waals surface area (Å²) < 4.78 is 5.15. The van der Waals surface area contributed by atoms with Gasteiger partial charge in [-0.25, -0.2) is 0 Å². The number of rotatable bonds is 4. The van der Waals surface area contributed by atoms with Crippen molar-refractivity contribution in [2.45, 2.75) is 31.4 Å². The van der Waals surface area contributed by atoms with Gasteiger partial charge in [-0.15, -0.1) is 0 Å². The summed E-state index contributed by atoms with van der Waals surface area (Å²) in [6, 6.07) is 9.15. The third-order valence-electron chi connectivity index (χ3n) is 3.75. The van der Waals surface area contributed by atoms with Crippen molar-refractivity contribution in [3.05, 3.63) is 35.9 Å². The lowest BCUT2D eigenvalue weighted by molar-refractivity contribution is -0.152. The smallest absolute Gasteiger partial charge is 0.259 e. The van der Waals surface area contributed by atoms with Crippen molar-refractivity contribution in [2.24, 2.45) is 0 Å². The first kappa shape index (κ1) is 14.0.